The summed E-state index contributed by atoms with van der Waals surface area (Å²) in [7, 11) is -1.87. The minimum Gasteiger partial charge on any atom is -0.275 e. The van der Waals surface area contributed by atoms with Crippen LogP contribution >= 0.6 is 8.10 Å². The van der Waals surface area contributed by atoms with Gasteiger partial charge in [-0.15, -0.1) is 0 Å². The van der Waals surface area contributed by atoms with Crippen molar-refractivity contribution < 1.29 is 4.57 Å². The van der Waals surface area contributed by atoms with Crippen LogP contribution in [-0.2, 0) is 4.57 Å². The summed E-state index contributed by atoms with van der Waals surface area (Å²) in [5, 5.41) is 0. The summed E-state index contributed by atoms with van der Waals surface area (Å²) < 4.78 is 16.9. The topological polar surface area (TPSA) is 41.8 Å². The van der Waals surface area contributed by atoms with Crippen LogP contribution in [0, 0.1) is 0 Å². The van der Waals surface area contributed by atoms with Crippen LogP contribution in [0.5, 0.6) is 0 Å². The molecule has 1 rings (SSSR count). The molecule has 1 heterocycles. The van der Waals surface area contributed by atoms with E-state index in [4.69, 9.17) is 0 Å². The van der Waals surface area contributed by atoms with Crippen LogP contribution in [0.1, 0.15) is 0 Å². The van der Waals surface area contributed by atoms with Crippen LogP contribution in [0.4, 0.5) is 0 Å². The number of hydrogen-bond acceptors (Lipinski definition) is 1. The van der Waals surface area contributed by atoms with Gasteiger partial charge in [0.2, 0.25) is 0 Å². The lowest BCUT2D eigenvalue weighted by Gasteiger charge is -1.66. The van der Waals surface area contributed by atoms with E-state index in [1.807, 2.05) is 0 Å². The number of nitrogens with zero attached hydrogens (tertiary/aromatic N) is 2. The Morgan fingerprint density at radius 3 is 2.00 bits per heavy atom. The maximum absolute atomic E-state index is 10.0. The van der Waals surface area contributed by atoms with Crippen molar-refractivity contribution in [2.75, 3.05) is 0 Å². The Morgan fingerprint density at radius 1 is 1.33 bits per heavy atom. The van der Waals surface area contributed by atoms with E-state index in [2.05, 4.69) is 9.53 Å². The summed E-state index contributed by atoms with van der Waals surface area (Å²) in [6.07, 6.45) is 2.89. The highest BCUT2D eigenvalue weighted by atomic mass is 31.1. The fraction of sp³-hybridized carbons (Fsp3) is 0. The molecule has 0 fully saturated rings. The van der Waals surface area contributed by atoms with Gasteiger partial charge in [0, 0.05) is 12.4 Å². The van der Waals surface area contributed by atoms with Crippen LogP contribution < -0.4 is 0 Å². The molecule has 0 saturated heterocycles. The molecule has 0 N–H and O–H groups in total. The molecular weight excluding hydrogens is 99.0 g/mol. The fourth-order valence-electron chi connectivity index (χ4n) is 0.228. The zero-order valence-corrected chi connectivity index (χ0v) is 3.96. The Kier molecular flexibility index (Phi) is 0.843. The molecule has 3 nitrogen and oxygen atoms in total. The first-order valence-electron chi connectivity index (χ1n) is 1.50. The van der Waals surface area contributed by atoms with Gasteiger partial charge in [-0.25, -0.2) is 9.53 Å². The van der Waals surface area contributed by atoms with Crippen molar-refractivity contribution in [1.29, 1.82) is 0 Å². The molecule has 0 aromatic heterocycles. The predicted octanol–water partition coefficient (Wildman–Crippen LogP) is 0.531. The molecule has 0 aromatic carbocycles. The van der Waals surface area contributed by atoms with Gasteiger partial charge < -0.3 is 0 Å². The highest BCUT2D eigenvalue weighted by Crippen LogP contribution is 2.24. The van der Waals surface area contributed by atoms with Crippen LogP contribution in [0.15, 0.2) is 9.53 Å². The summed E-state index contributed by atoms with van der Waals surface area (Å²) in [4.78, 5) is 0. The summed E-state index contributed by atoms with van der Waals surface area (Å²) in [5.74, 6) is 0. The van der Waals surface area contributed by atoms with Crippen molar-refractivity contribution in [2.24, 2.45) is 9.53 Å². The van der Waals surface area contributed by atoms with Crippen molar-refractivity contribution in [2.45, 2.75) is 0 Å². The standard InChI is InChI=1S/C2H3N2OP/c5-6-3-1-2-4-6/h1-2,6H. The lowest BCUT2D eigenvalue weighted by molar-refractivity contribution is 0.590. The van der Waals surface area contributed by atoms with Gasteiger partial charge in [0.05, 0.1) is 0 Å². The molecule has 0 atom stereocenters. The highest BCUT2D eigenvalue weighted by Gasteiger charge is 1.87. The Morgan fingerprint density at radius 2 is 1.83 bits per heavy atom. The third kappa shape index (κ3) is 0.546. The second-order valence-electron chi connectivity index (χ2n) is 0.839. The normalized spacial score (nSPS) is 20.0. The number of hydrogen-bond donors (Lipinski definition) is 0. The van der Waals surface area contributed by atoms with E-state index in [0.717, 1.165) is 0 Å². The monoisotopic (exact) mass is 102 g/mol. The molecule has 32 valence electrons. The van der Waals surface area contributed by atoms with Crippen molar-refractivity contribution in [3.63, 3.8) is 0 Å². The van der Waals surface area contributed by atoms with Gasteiger partial charge >= 0.3 is 0 Å². The van der Waals surface area contributed by atoms with E-state index in [1.165, 1.54) is 12.4 Å². The van der Waals surface area contributed by atoms with E-state index in [1.54, 1.807) is 0 Å². The SMILES string of the molecule is O=[PH]1N=CC=N1. The third-order valence-electron chi connectivity index (χ3n) is 0.437. The van der Waals surface area contributed by atoms with Crippen molar-refractivity contribution >= 4 is 20.5 Å². The minimum atomic E-state index is -1.87. The Hall–Kier alpha value is -0.430. The molecule has 0 saturated carbocycles. The van der Waals surface area contributed by atoms with Gasteiger partial charge in [-0.1, -0.05) is 0 Å². The van der Waals surface area contributed by atoms with Crippen LogP contribution in [-0.4, -0.2) is 12.4 Å². The maximum atomic E-state index is 10.0. The van der Waals surface area contributed by atoms with Gasteiger partial charge in [-0.3, -0.25) is 4.57 Å². The Bertz CT molecular complexity index is 114. The summed E-state index contributed by atoms with van der Waals surface area (Å²) in [6.45, 7) is 0. The van der Waals surface area contributed by atoms with E-state index in [-0.39, 0.29) is 0 Å². The summed E-state index contributed by atoms with van der Waals surface area (Å²) in [5.41, 5.74) is 0. The summed E-state index contributed by atoms with van der Waals surface area (Å²) >= 11 is 0. The smallest absolute Gasteiger partial charge is 0.275 e. The van der Waals surface area contributed by atoms with E-state index in [9.17, 15) is 4.57 Å². The van der Waals surface area contributed by atoms with Crippen molar-refractivity contribution in [3.05, 3.63) is 0 Å². The van der Waals surface area contributed by atoms with E-state index >= 15 is 0 Å². The molecule has 0 aromatic rings. The summed E-state index contributed by atoms with van der Waals surface area (Å²) in [6, 6.07) is 0. The molecular formula is C2H3N2OP. The first-order chi connectivity index (χ1) is 2.89. The molecule has 0 amide bonds. The van der Waals surface area contributed by atoms with Crippen molar-refractivity contribution in [1.82, 2.24) is 0 Å². The van der Waals surface area contributed by atoms with Crippen molar-refractivity contribution in [3.8, 4) is 0 Å². The fourth-order valence-corrected chi connectivity index (χ4v) is 0.683. The average Bonchev–Trinajstić information content (AvgIpc) is 1.86. The van der Waals surface area contributed by atoms with Gasteiger partial charge in [0.25, 0.3) is 8.10 Å². The second kappa shape index (κ2) is 1.35. The highest BCUT2D eigenvalue weighted by molar-refractivity contribution is 7.43. The van der Waals surface area contributed by atoms with Crippen LogP contribution in [0.2, 0.25) is 0 Å². The molecule has 4 heteroatoms. The first-order valence-corrected chi connectivity index (χ1v) is 2.80. The molecule has 6 heavy (non-hydrogen) atoms. The van der Waals surface area contributed by atoms with Gasteiger partial charge in [-0.2, -0.15) is 0 Å². The molecule has 0 aliphatic carbocycles. The second-order valence-corrected chi connectivity index (χ2v) is 1.92. The van der Waals surface area contributed by atoms with Gasteiger partial charge in [0.15, 0.2) is 0 Å². The van der Waals surface area contributed by atoms with Crippen LogP contribution in [0.3, 0.4) is 0 Å². The number of rotatable bonds is 0. The molecule has 0 radical (unpaired) electrons. The van der Waals surface area contributed by atoms with Gasteiger partial charge in [0.1, 0.15) is 0 Å². The zero-order chi connectivity index (χ0) is 4.41. The van der Waals surface area contributed by atoms with Crippen LogP contribution in [0.25, 0.3) is 0 Å². The Balaban J connectivity index is 2.86. The molecule has 1 aliphatic heterocycles. The molecule has 0 spiro atoms. The predicted molar refractivity (Wildman–Crippen MR) is 26.0 cm³/mol. The first kappa shape index (κ1) is 3.75. The lowest BCUT2D eigenvalue weighted by Crippen LogP contribution is -1.56. The average molecular weight is 102 g/mol. The zero-order valence-electron chi connectivity index (χ0n) is 2.96. The van der Waals surface area contributed by atoms with Gasteiger partial charge in [-0.05, 0) is 0 Å². The quantitative estimate of drug-likeness (QED) is 0.411. The minimum absolute atomic E-state index is 1.45. The molecule has 1 aliphatic rings. The third-order valence-corrected chi connectivity index (χ3v) is 1.18. The largest absolute Gasteiger partial charge is 0.287 e. The Labute approximate surface area is 35.7 Å². The lowest BCUT2D eigenvalue weighted by atomic mass is 10.9. The van der Waals surface area contributed by atoms with E-state index in [0.29, 0.717) is 0 Å². The van der Waals surface area contributed by atoms with E-state index < -0.39 is 8.10 Å². The molecule has 0 unspecified atom stereocenters. The molecule has 0 bridgehead atoms. The maximum Gasteiger partial charge on any atom is 0.287 e.